The van der Waals surface area contributed by atoms with Crippen LogP contribution in [0.5, 0.6) is 5.75 Å². The number of aryl methyl sites for hydroxylation is 1. The SMILES string of the molecule is C=C/C(=C([N-]Cc1cccc(Cc2cc(C)cc(C3CCC(C)C3)c2O)n1)\C(=C/C)C(C)C)C(C)C.CC.[CH3-].[CH3-].[Hf]. The number of hydrogen-bond acceptors (Lipinski definition) is 2. The van der Waals surface area contributed by atoms with E-state index in [1.165, 1.54) is 23.1 Å². The zero-order chi connectivity index (χ0) is 28.4. The molecule has 1 aromatic carbocycles. The Morgan fingerprint density at radius 2 is 1.71 bits per heavy atom. The van der Waals surface area contributed by atoms with Gasteiger partial charge in [-0.1, -0.05) is 115 Å². The Balaban J connectivity index is 0. The van der Waals surface area contributed by atoms with Crippen LogP contribution < -0.4 is 0 Å². The summed E-state index contributed by atoms with van der Waals surface area (Å²) in [6.45, 7) is 23.9. The molecule has 3 rings (SSSR count). The standard InChI is InChI=1S/C33H45N2O.C2H6.2CH3.Hf/c1-9-29(21(3)4)32(30(10-2)22(5)6)34-20-28-13-11-12-27(35-28)19-26-17-24(8)18-31(33(26)36)25-15-14-23(7)16-25;1-2;;;/h9-13,17-18,21-23,25,36H,1,14-16,19-20H2,2-8H3;1-2H3;2*1H3;/q-1;;2*-1;/b30-10-,32-29-;;;;. The Labute approximate surface area is 272 Å². The molecule has 0 radical (unpaired) electrons. The van der Waals surface area contributed by atoms with Crippen LogP contribution in [0, 0.1) is 39.5 Å². The summed E-state index contributed by atoms with van der Waals surface area (Å²) < 4.78 is 0. The number of hydrogen-bond donors (Lipinski definition) is 1. The molecule has 4 heteroatoms. The Morgan fingerprint density at radius 1 is 1.07 bits per heavy atom. The molecule has 1 aromatic heterocycles. The normalized spacial score (nSPS) is 16.9. The molecule has 0 aliphatic heterocycles. The topological polar surface area (TPSA) is 47.2 Å². The number of pyridine rings is 1. The van der Waals surface area contributed by atoms with Gasteiger partial charge in [0.05, 0.1) is 0 Å². The van der Waals surface area contributed by atoms with Crippen LogP contribution in [0.25, 0.3) is 5.32 Å². The van der Waals surface area contributed by atoms with Crippen LogP contribution in [0.3, 0.4) is 0 Å². The van der Waals surface area contributed by atoms with Crippen molar-refractivity contribution < 1.29 is 30.9 Å². The third-order valence-electron chi connectivity index (χ3n) is 7.45. The van der Waals surface area contributed by atoms with Gasteiger partial charge < -0.3 is 25.3 Å². The number of aromatic nitrogens is 1. The van der Waals surface area contributed by atoms with Gasteiger partial charge >= 0.3 is 0 Å². The number of rotatable bonds is 10. The fourth-order valence-corrected chi connectivity index (χ4v) is 5.59. The van der Waals surface area contributed by atoms with Crippen molar-refractivity contribution in [3.63, 3.8) is 0 Å². The molecule has 0 bridgehead atoms. The molecule has 1 aliphatic carbocycles. The maximum Gasteiger partial charge on any atom is 0.122 e. The number of phenols is 1. The van der Waals surface area contributed by atoms with Crippen LogP contribution in [0.2, 0.25) is 0 Å². The average molecular weight is 724 g/mol. The maximum atomic E-state index is 11.2. The molecule has 1 aliphatic rings. The maximum absolute atomic E-state index is 11.2. The van der Waals surface area contributed by atoms with E-state index in [-0.39, 0.29) is 40.7 Å². The smallest absolute Gasteiger partial charge is 0.122 e. The van der Waals surface area contributed by atoms with Gasteiger partial charge in [0.25, 0.3) is 0 Å². The summed E-state index contributed by atoms with van der Waals surface area (Å²) in [6, 6.07) is 10.4. The fraction of sp³-hybridized carbons (Fsp3) is 0.486. The minimum Gasteiger partial charge on any atom is -0.679 e. The summed E-state index contributed by atoms with van der Waals surface area (Å²) in [5, 5.41) is 16.2. The Kier molecular flexibility index (Phi) is 20.1. The van der Waals surface area contributed by atoms with Gasteiger partial charge in [-0.25, -0.2) is 0 Å². The summed E-state index contributed by atoms with van der Waals surface area (Å²) in [5.41, 5.74) is 8.65. The summed E-state index contributed by atoms with van der Waals surface area (Å²) in [6.07, 6.45) is 8.30. The molecule has 1 saturated carbocycles. The third-order valence-corrected chi connectivity index (χ3v) is 7.45. The quantitative estimate of drug-likeness (QED) is 0.151. The fourth-order valence-electron chi connectivity index (χ4n) is 5.59. The van der Waals surface area contributed by atoms with E-state index in [0.717, 1.165) is 47.0 Å². The second-order valence-electron chi connectivity index (χ2n) is 11.2. The largest absolute Gasteiger partial charge is 0.679 e. The van der Waals surface area contributed by atoms with Gasteiger partial charge in [-0.2, -0.15) is 0 Å². The van der Waals surface area contributed by atoms with Crippen molar-refractivity contribution >= 4 is 0 Å². The van der Waals surface area contributed by atoms with Crippen molar-refractivity contribution in [3.8, 4) is 5.75 Å². The van der Waals surface area contributed by atoms with Crippen molar-refractivity contribution in [1.82, 2.24) is 4.98 Å². The molecule has 1 N–H and O–H groups in total. The Morgan fingerprint density at radius 3 is 2.22 bits per heavy atom. The van der Waals surface area contributed by atoms with Crippen molar-refractivity contribution in [2.75, 3.05) is 0 Å². The molecule has 1 fully saturated rings. The van der Waals surface area contributed by atoms with E-state index >= 15 is 0 Å². The van der Waals surface area contributed by atoms with E-state index in [1.807, 2.05) is 32.1 Å². The van der Waals surface area contributed by atoms with Gasteiger partial charge in [0.2, 0.25) is 0 Å². The van der Waals surface area contributed by atoms with E-state index in [0.29, 0.717) is 36.5 Å². The molecule has 41 heavy (non-hydrogen) atoms. The minimum absolute atomic E-state index is 0. The van der Waals surface area contributed by atoms with Crippen LogP contribution in [-0.2, 0) is 38.8 Å². The molecular formula is C37H57HfN2O-3. The monoisotopic (exact) mass is 725 g/mol. The molecule has 0 saturated heterocycles. The van der Waals surface area contributed by atoms with Crippen LogP contribution in [0.15, 0.2) is 65.9 Å². The first-order valence-electron chi connectivity index (χ1n) is 14.6. The van der Waals surface area contributed by atoms with Crippen molar-refractivity contribution in [2.45, 2.75) is 100 Å². The van der Waals surface area contributed by atoms with E-state index in [4.69, 9.17) is 10.3 Å². The van der Waals surface area contributed by atoms with Gasteiger partial charge in [-0.3, -0.25) is 4.98 Å². The molecule has 2 aromatic rings. The number of phenolic OH excluding ortho intramolecular Hbond substituents is 1. The van der Waals surface area contributed by atoms with Gasteiger partial charge in [0.1, 0.15) is 5.75 Å². The zero-order valence-electron chi connectivity index (χ0n) is 27.9. The van der Waals surface area contributed by atoms with E-state index in [9.17, 15) is 5.11 Å². The molecule has 1 heterocycles. The number of nitrogens with zero attached hydrogens (tertiary/aromatic N) is 2. The van der Waals surface area contributed by atoms with Gasteiger partial charge in [0.15, 0.2) is 0 Å². The summed E-state index contributed by atoms with van der Waals surface area (Å²) in [4.78, 5) is 4.94. The van der Waals surface area contributed by atoms with E-state index in [1.54, 1.807) is 0 Å². The molecule has 2 unspecified atom stereocenters. The van der Waals surface area contributed by atoms with Crippen LogP contribution in [-0.4, -0.2) is 10.1 Å². The van der Waals surface area contributed by atoms with Crippen molar-refractivity contribution in [1.29, 1.82) is 0 Å². The molecular weight excluding hydrogens is 667 g/mol. The van der Waals surface area contributed by atoms with Crippen molar-refractivity contribution in [2.24, 2.45) is 17.8 Å². The van der Waals surface area contributed by atoms with Gasteiger partial charge in [-0.15, -0.1) is 5.70 Å². The van der Waals surface area contributed by atoms with Crippen LogP contribution in [0.1, 0.15) is 109 Å². The van der Waals surface area contributed by atoms with Crippen LogP contribution >= 0.6 is 0 Å². The predicted molar refractivity (Wildman–Crippen MR) is 178 cm³/mol. The molecule has 2 atom stereocenters. The van der Waals surface area contributed by atoms with Crippen molar-refractivity contribution in [3.05, 3.63) is 114 Å². The van der Waals surface area contributed by atoms with Gasteiger partial charge in [-0.05, 0) is 68.1 Å². The Hall–Kier alpha value is -1.94. The van der Waals surface area contributed by atoms with E-state index in [2.05, 4.69) is 79.3 Å². The number of aromatic hydroxyl groups is 1. The molecule has 0 spiro atoms. The number of allylic oxidation sites excluding steroid dienone is 4. The molecule has 228 valence electrons. The molecule has 3 nitrogen and oxygen atoms in total. The summed E-state index contributed by atoms with van der Waals surface area (Å²) in [5.74, 6) is 2.38. The summed E-state index contributed by atoms with van der Waals surface area (Å²) in [7, 11) is 0. The zero-order valence-corrected chi connectivity index (χ0v) is 31.5. The first kappa shape index (κ1) is 41.2. The first-order chi connectivity index (χ1) is 18.1. The van der Waals surface area contributed by atoms with Crippen LogP contribution in [0.4, 0.5) is 0 Å². The third kappa shape index (κ3) is 11.3. The minimum atomic E-state index is 0. The average Bonchev–Trinajstić information content (AvgIpc) is 3.32. The number of benzene rings is 1. The predicted octanol–water partition coefficient (Wildman–Crippen LogP) is 11.1. The van der Waals surface area contributed by atoms with E-state index < -0.39 is 0 Å². The second-order valence-corrected chi connectivity index (χ2v) is 11.2. The second kappa shape index (κ2) is 20.1. The van der Waals surface area contributed by atoms with Gasteiger partial charge in [0, 0.05) is 49.2 Å². The Bertz CT molecular complexity index is 1130. The summed E-state index contributed by atoms with van der Waals surface area (Å²) >= 11 is 0. The molecule has 0 amide bonds. The first-order valence-corrected chi connectivity index (χ1v) is 14.6.